The van der Waals surface area contributed by atoms with Gasteiger partial charge in [-0.25, -0.2) is 4.79 Å². The van der Waals surface area contributed by atoms with E-state index in [-0.39, 0.29) is 23.1 Å². The van der Waals surface area contributed by atoms with E-state index in [1.807, 2.05) is 6.07 Å². The summed E-state index contributed by atoms with van der Waals surface area (Å²) in [5, 5.41) is 2.39. The molecule has 0 fully saturated rings. The molecule has 0 saturated carbocycles. The van der Waals surface area contributed by atoms with Crippen LogP contribution in [0, 0.1) is 6.92 Å². The SMILES string of the molecule is Cc1coc2c1C(=O)C(=O)c1c-2ccc2c1C(OC(=O)CNC(=O)OC(C)(C)C)CCC2(C)C. The lowest BCUT2D eigenvalue weighted by molar-refractivity contribution is -0.149. The van der Waals surface area contributed by atoms with E-state index < -0.39 is 35.3 Å². The second kappa shape index (κ2) is 8.11. The van der Waals surface area contributed by atoms with Gasteiger partial charge in [-0.1, -0.05) is 26.0 Å². The summed E-state index contributed by atoms with van der Waals surface area (Å²) in [6, 6.07) is 3.72. The highest BCUT2D eigenvalue weighted by atomic mass is 16.6. The molecule has 1 aromatic heterocycles. The van der Waals surface area contributed by atoms with Crippen molar-refractivity contribution >= 4 is 23.6 Å². The topological polar surface area (TPSA) is 112 Å². The van der Waals surface area contributed by atoms with E-state index >= 15 is 0 Å². The molecule has 2 aromatic rings. The van der Waals surface area contributed by atoms with Crippen LogP contribution in [0.5, 0.6) is 0 Å². The third-order valence-corrected chi connectivity index (χ3v) is 6.26. The minimum absolute atomic E-state index is 0.232. The van der Waals surface area contributed by atoms with Crippen LogP contribution >= 0.6 is 0 Å². The van der Waals surface area contributed by atoms with E-state index in [1.165, 1.54) is 6.26 Å². The molecular weight excluding hydrogens is 438 g/mol. The van der Waals surface area contributed by atoms with Crippen LogP contribution in [0.25, 0.3) is 11.3 Å². The number of furan rings is 1. The zero-order valence-electron chi connectivity index (χ0n) is 20.3. The summed E-state index contributed by atoms with van der Waals surface area (Å²) < 4.78 is 16.5. The van der Waals surface area contributed by atoms with Crippen molar-refractivity contribution in [3.05, 3.63) is 46.2 Å². The molecule has 1 atom stereocenters. The molecule has 0 spiro atoms. The molecule has 2 aliphatic rings. The normalized spacial score (nSPS) is 18.5. The number of hydrogen-bond acceptors (Lipinski definition) is 7. The molecule has 180 valence electrons. The van der Waals surface area contributed by atoms with Crippen molar-refractivity contribution in [2.75, 3.05) is 6.54 Å². The zero-order valence-corrected chi connectivity index (χ0v) is 20.3. The number of rotatable bonds is 3. The predicted molar refractivity (Wildman–Crippen MR) is 123 cm³/mol. The van der Waals surface area contributed by atoms with Crippen LogP contribution < -0.4 is 5.32 Å². The van der Waals surface area contributed by atoms with Gasteiger partial charge in [0.25, 0.3) is 0 Å². The molecule has 1 N–H and O–H groups in total. The first kappa shape index (κ1) is 23.7. The summed E-state index contributed by atoms with van der Waals surface area (Å²) in [5.41, 5.74) is 2.05. The number of alkyl carbamates (subject to hydrolysis) is 1. The molecule has 1 amide bonds. The molecule has 2 aliphatic carbocycles. The van der Waals surface area contributed by atoms with Crippen molar-refractivity contribution in [1.82, 2.24) is 5.32 Å². The fraction of sp³-hybridized carbons (Fsp3) is 0.462. The summed E-state index contributed by atoms with van der Waals surface area (Å²) in [4.78, 5) is 50.7. The summed E-state index contributed by atoms with van der Waals surface area (Å²) in [6.45, 7) is 10.6. The third kappa shape index (κ3) is 4.13. The summed E-state index contributed by atoms with van der Waals surface area (Å²) in [5.74, 6) is -1.56. The average Bonchev–Trinajstić information content (AvgIpc) is 3.12. The number of nitrogens with one attached hydrogen (secondary N) is 1. The van der Waals surface area contributed by atoms with Gasteiger partial charge in [-0.3, -0.25) is 14.4 Å². The van der Waals surface area contributed by atoms with Crippen molar-refractivity contribution in [3.8, 4) is 11.3 Å². The third-order valence-electron chi connectivity index (χ3n) is 6.26. The highest BCUT2D eigenvalue weighted by Crippen LogP contribution is 2.49. The smallest absolute Gasteiger partial charge is 0.408 e. The Kier molecular flexibility index (Phi) is 5.66. The number of carbonyl (C=O) groups excluding carboxylic acids is 4. The average molecular weight is 468 g/mol. The van der Waals surface area contributed by atoms with Gasteiger partial charge in [-0.2, -0.15) is 0 Å². The first-order valence-electron chi connectivity index (χ1n) is 11.3. The minimum Gasteiger partial charge on any atom is -0.463 e. The van der Waals surface area contributed by atoms with Gasteiger partial charge in [-0.05, 0) is 57.1 Å². The van der Waals surface area contributed by atoms with Crippen molar-refractivity contribution in [1.29, 1.82) is 0 Å². The number of ketones is 2. The molecule has 8 nitrogen and oxygen atoms in total. The van der Waals surface area contributed by atoms with Gasteiger partial charge in [0, 0.05) is 16.7 Å². The Morgan fingerprint density at radius 2 is 1.82 bits per heavy atom. The second-order valence-corrected chi connectivity index (χ2v) is 10.5. The number of benzene rings is 1. The molecule has 4 rings (SSSR count). The van der Waals surface area contributed by atoms with Crippen molar-refractivity contribution in [2.45, 2.75) is 71.5 Å². The second-order valence-electron chi connectivity index (χ2n) is 10.5. The Morgan fingerprint density at radius 1 is 1.15 bits per heavy atom. The van der Waals surface area contributed by atoms with Gasteiger partial charge >= 0.3 is 12.1 Å². The molecule has 8 heteroatoms. The molecule has 0 aliphatic heterocycles. The van der Waals surface area contributed by atoms with Crippen molar-refractivity contribution < 1.29 is 33.1 Å². The highest BCUT2D eigenvalue weighted by molar-refractivity contribution is 6.53. The number of fused-ring (bicyclic) bond motifs is 5. The number of ether oxygens (including phenoxy) is 2. The van der Waals surface area contributed by atoms with E-state index in [9.17, 15) is 19.2 Å². The lowest BCUT2D eigenvalue weighted by Gasteiger charge is -2.38. The predicted octanol–water partition coefficient (Wildman–Crippen LogP) is 4.81. The number of aryl methyl sites for hydroxylation is 1. The molecule has 1 heterocycles. The summed E-state index contributed by atoms with van der Waals surface area (Å²) >= 11 is 0. The van der Waals surface area contributed by atoms with Gasteiger partial charge < -0.3 is 19.2 Å². The Hall–Kier alpha value is -3.42. The monoisotopic (exact) mass is 467 g/mol. The molecule has 1 aromatic carbocycles. The van der Waals surface area contributed by atoms with E-state index in [1.54, 1.807) is 33.8 Å². The standard InChI is InChI=1S/C26H29NO7/c1-13-12-32-23-14-7-8-15-20(19(14)22(30)21(29)18(13)23)16(9-10-26(15,5)6)33-17(28)11-27-24(31)34-25(2,3)4/h7-8,12,16H,9-11H2,1-6H3,(H,27,31). The quantitative estimate of drug-likeness (QED) is 0.509. The fourth-order valence-corrected chi connectivity index (χ4v) is 4.68. The van der Waals surface area contributed by atoms with E-state index in [0.717, 1.165) is 5.56 Å². The van der Waals surface area contributed by atoms with Crippen LogP contribution in [0.4, 0.5) is 4.79 Å². The zero-order chi connectivity index (χ0) is 25.0. The Bertz CT molecular complexity index is 1210. The molecule has 0 saturated heterocycles. The largest absolute Gasteiger partial charge is 0.463 e. The van der Waals surface area contributed by atoms with Crippen LogP contribution in [0.1, 0.15) is 91.0 Å². The van der Waals surface area contributed by atoms with E-state index in [2.05, 4.69) is 19.2 Å². The summed E-state index contributed by atoms with van der Waals surface area (Å²) in [7, 11) is 0. The number of amides is 1. The first-order valence-corrected chi connectivity index (χ1v) is 11.3. The maximum Gasteiger partial charge on any atom is 0.408 e. The molecular formula is C26H29NO7. The lowest BCUT2D eigenvalue weighted by Crippen LogP contribution is -2.37. The van der Waals surface area contributed by atoms with Crippen molar-refractivity contribution in [2.24, 2.45) is 0 Å². The van der Waals surface area contributed by atoms with Gasteiger partial charge in [-0.15, -0.1) is 0 Å². The van der Waals surface area contributed by atoms with Crippen molar-refractivity contribution in [3.63, 3.8) is 0 Å². The maximum atomic E-state index is 13.3. The number of hydrogen-bond donors (Lipinski definition) is 1. The van der Waals surface area contributed by atoms with Crippen LogP contribution in [0.15, 0.2) is 22.8 Å². The molecule has 34 heavy (non-hydrogen) atoms. The summed E-state index contributed by atoms with van der Waals surface area (Å²) in [6.07, 6.45) is 1.19. The van der Waals surface area contributed by atoms with Gasteiger partial charge in [0.1, 0.15) is 24.0 Å². The Morgan fingerprint density at radius 3 is 2.50 bits per heavy atom. The lowest BCUT2D eigenvalue weighted by atomic mass is 9.68. The first-order chi connectivity index (χ1) is 15.8. The van der Waals surface area contributed by atoms with Gasteiger partial charge in [0.2, 0.25) is 11.6 Å². The Balaban J connectivity index is 1.68. The molecule has 0 radical (unpaired) electrons. The molecule has 0 bridgehead atoms. The van der Waals surface area contributed by atoms with Gasteiger partial charge in [0.15, 0.2) is 0 Å². The van der Waals surface area contributed by atoms with Crippen LogP contribution in [-0.2, 0) is 19.7 Å². The van der Waals surface area contributed by atoms with Crippen LogP contribution in [0.3, 0.4) is 0 Å². The Labute approximate surface area is 198 Å². The number of Topliss-reactive ketones (excluding diaryl/α,β-unsaturated/α-hetero) is 2. The molecule has 1 unspecified atom stereocenters. The van der Waals surface area contributed by atoms with Gasteiger partial charge in [0.05, 0.1) is 11.8 Å². The highest BCUT2D eigenvalue weighted by Gasteiger charge is 2.43. The van der Waals surface area contributed by atoms with Crippen LogP contribution in [0.2, 0.25) is 0 Å². The minimum atomic E-state index is -0.736. The fourth-order valence-electron chi connectivity index (χ4n) is 4.68. The maximum absolute atomic E-state index is 13.3. The number of carbonyl (C=O) groups is 4. The van der Waals surface area contributed by atoms with Crippen LogP contribution in [-0.4, -0.2) is 35.8 Å². The van der Waals surface area contributed by atoms with E-state index in [4.69, 9.17) is 13.9 Å². The number of esters is 1. The van der Waals surface area contributed by atoms with E-state index in [0.29, 0.717) is 35.3 Å².